The van der Waals surface area contributed by atoms with Crippen molar-refractivity contribution in [1.29, 1.82) is 0 Å². The van der Waals surface area contributed by atoms with E-state index in [0.717, 1.165) is 26.1 Å². The fraction of sp³-hybridized carbons (Fsp3) is 1.00. The van der Waals surface area contributed by atoms with Gasteiger partial charge in [-0.3, -0.25) is 0 Å². The summed E-state index contributed by atoms with van der Waals surface area (Å²) in [4.78, 5) is 2.30. The highest BCUT2D eigenvalue weighted by molar-refractivity contribution is 4.62. The van der Waals surface area contributed by atoms with Crippen LogP contribution in [0.5, 0.6) is 0 Å². The molecule has 116 valence electrons. The monoisotopic (exact) mass is 271 g/mol. The third-order valence-electron chi connectivity index (χ3n) is 4.00. The van der Waals surface area contributed by atoms with E-state index in [2.05, 4.69) is 25.7 Å². The molecule has 0 aromatic heterocycles. The second-order valence-electron chi connectivity index (χ2n) is 5.76. The molecule has 0 spiro atoms. The van der Waals surface area contributed by atoms with E-state index in [9.17, 15) is 5.11 Å². The SMILES string of the molecule is CCCCCCCCCCCC(O)CN(CC)CC. The summed E-state index contributed by atoms with van der Waals surface area (Å²) < 4.78 is 0. The molecule has 2 nitrogen and oxygen atoms in total. The van der Waals surface area contributed by atoms with Crippen molar-refractivity contribution in [2.75, 3.05) is 19.6 Å². The van der Waals surface area contributed by atoms with Gasteiger partial charge in [0.15, 0.2) is 0 Å². The van der Waals surface area contributed by atoms with Crippen LogP contribution in [0.1, 0.15) is 85.0 Å². The van der Waals surface area contributed by atoms with E-state index >= 15 is 0 Å². The first-order chi connectivity index (χ1) is 9.24. The molecule has 0 aromatic rings. The molecular weight excluding hydrogens is 234 g/mol. The van der Waals surface area contributed by atoms with Gasteiger partial charge in [-0.2, -0.15) is 0 Å². The lowest BCUT2D eigenvalue weighted by Crippen LogP contribution is -2.32. The molecule has 19 heavy (non-hydrogen) atoms. The molecule has 0 aliphatic carbocycles. The second-order valence-corrected chi connectivity index (χ2v) is 5.76. The number of rotatable bonds is 14. The maximum absolute atomic E-state index is 9.94. The smallest absolute Gasteiger partial charge is 0.0667 e. The first-order valence-electron chi connectivity index (χ1n) is 8.64. The van der Waals surface area contributed by atoms with Crippen LogP contribution in [0.15, 0.2) is 0 Å². The van der Waals surface area contributed by atoms with Crippen LogP contribution in [-0.4, -0.2) is 35.7 Å². The van der Waals surface area contributed by atoms with Crippen LogP contribution in [0.4, 0.5) is 0 Å². The minimum absolute atomic E-state index is 0.121. The summed E-state index contributed by atoms with van der Waals surface area (Å²) >= 11 is 0. The van der Waals surface area contributed by atoms with Crippen molar-refractivity contribution in [1.82, 2.24) is 4.90 Å². The van der Waals surface area contributed by atoms with Crippen LogP contribution in [0.2, 0.25) is 0 Å². The van der Waals surface area contributed by atoms with Crippen LogP contribution in [-0.2, 0) is 0 Å². The maximum atomic E-state index is 9.94. The second kappa shape index (κ2) is 14.3. The summed E-state index contributed by atoms with van der Waals surface area (Å²) in [7, 11) is 0. The zero-order valence-electron chi connectivity index (χ0n) is 13.7. The summed E-state index contributed by atoms with van der Waals surface area (Å²) in [6.45, 7) is 9.54. The molecule has 0 aliphatic rings. The van der Waals surface area contributed by atoms with Gasteiger partial charge in [-0.1, -0.05) is 78.6 Å². The van der Waals surface area contributed by atoms with Crippen molar-refractivity contribution in [3.05, 3.63) is 0 Å². The van der Waals surface area contributed by atoms with E-state index in [0.29, 0.717) is 0 Å². The van der Waals surface area contributed by atoms with Gasteiger partial charge >= 0.3 is 0 Å². The van der Waals surface area contributed by atoms with Crippen LogP contribution < -0.4 is 0 Å². The van der Waals surface area contributed by atoms with Gasteiger partial charge in [0.1, 0.15) is 0 Å². The molecule has 1 N–H and O–H groups in total. The summed E-state index contributed by atoms with van der Waals surface area (Å²) in [6, 6.07) is 0. The Labute approximate surface area is 121 Å². The van der Waals surface area contributed by atoms with Gasteiger partial charge in [0, 0.05) is 6.54 Å². The highest BCUT2D eigenvalue weighted by atomic mass is 16.3. The van der Waals surface area contributed by atoms with E-state index in [1.165, 1.54) is 57.8 Å². The lowest BCUT2D eigenvalue weighted by molar-refractivity contribution is 0.108. The largest absolute Gasteiger partial charge is 0.392 e. The number of aliphatic hydroxyl groups is 1. The summed E-state index contributed by atoms with van der Waals surface area (Å²) in [5.74, 6) is 0. The van der Waals surface area contributed by atoms with E-state index in [1.807, 2.05) is 0 Å². The molecule has 1 atom stereocenters. The minimum atomic E-state index is -0.121. The molecular formula is C17H37NO. The molecule has 0 amide bonds. The van der Waals surface area contributed by atoms with E-state index in [1.54, 1.807) is 0 Å². The molecule has 0 fully saturated rings. The molecule has 2 heteroatoms. The third kappa shape index (κ3) is 12.7. The van der Waals surface area contributed by atoms with E-state index in [-0.39, 0.29) is 6.10 Å². The minimum Gasteiger partial charge on any atom is -0.392 e. The Hall–Kier alpha value is -0.0800. The Kier molecular flexibility index (Phi) is 14.3. The van der Waals surface area contributed by atoms with Gasteiger partial charge in [-0.15, -0.1) is 0 Å². The van der Waals surface area contributed by atoms with Crippen molar-refractivity contribution in [3.8, 4) is 0 Å². The number of hydrogen-bond donors (Lipinski definition) is 1. The van der Waals surface area contributed by atoms with Crippen LogP contribution in [0, 0.1) is 0 Å². The summed E-state index contributed by atoms with van der Waals surface area (Å²) in [5.41, 5.74) is 0. The topological polar surface area (TPSA) is 23.5 Å². The molecule has 0 aliphatic heterocycles. The van der Waals surface area contributed by atoms with Crippen molar-refractivity contribution in [2.45, 2.75) is 91.1 Å². The molecule has 0 bridgehead atoms. The maximum Gasteiger partial charge on any atom is 0.0667 e. The Bertz CT molecular complexity index is 169. The number of aliphatic hydroxyl groups excluding tert-OH is 1. The van der Waals surface area contributed by atoms with Crippen LogP contribution in [0.25, 0.3) is 0 Å². The van der Waals surface area contributed by atoms with E-state index in [4.69, 9.17) is 0 Å². The van der Waals surface area contributed by atoms with Crippen molar-refractivity contribution in [3.63, 3.8) is 0 Å². The van der Waals surface area contributed by atoms with Crippen LogP contribution in [0.3, 0.4) is 0 Å². The molecule has 0 saturated carbocycles. The van der Waals surface area contributed by atoms with Gasteiger partial charge in [-0.05, 0) is 19.5 Å². The summed E-state index contributed by atoms with van der Waals surface area (Å²) in [5, 5.41) is 9.94. The first-order valence-corrected chi connectivity index (χ1v) is 8.64. The molecule has 0 rings (SSSR count). The number of likely N-dealkylation sites (N-methyl/N-ethyl adjacent to an activating group) is 1. The zero-order chi connectivity index (χ0) is 14.3. The van der Waals surface area contributed by atoms with Gasteiger partial charge in [0.25, 0.3) is 0 Å². The van der Waals surface area contributed by atoms with Gasteiger partial charge in [-0.25, -0.2) is 0 Å². The number of unbranched alkanes of at least 4 members (excludes halogenated alkanes) is 8. The highest BCUT2D eigenvalue weighted by Gasteiger charge is 2.08. The van der Waals surface area contributed by atoms with E-state index < -0.39 is 0 Å². The fourth-order valence-electron chi connectivity index (χ4n) is 2.56. The molecule has 0 heterocycles. The number of nitrogens with zero attached hydrogens (tertiary/aromatic N) is 1. The fourth-order valence-corrected chi connectivity index (χ4v) is 2.56. The summed E-state index contributed by atoms with van der Waals surface area (Å²) in [6.07, 6.45) is 13.1. The molecule has 1 unspecified atom stereocenters. The zero-order valence-corrected chi connectivity index (χ0v) is 13.7. The Balaban J connectivity index is 3.24. The normalized spacial score (nSPS) is 13.1. The van der Waals surface area contributed by atoms with Crippen molar-refractivity contribution < 1.29 is 5.11 Å². The average molecular weight is 271 g/mol. The lowest BCUT2D eigenvalue weighted by atomic mass is 10.0. The molecule has 0 radical (unpaired) electrons. The standard InChI is InChI=1S/C17H37NO/c1-4-7-8-9-10-11-12-13-14-15-17(19)16-18(5-2)6-3/h17,19H,4-16H2,1-3H3. The molecule has 0 saturated heterocycles. The number of hydrogen-bond acceptors (Lipinski definition) is 2. The quantitative estimate of drug-likeness (QED) is 0.466. The predicted molar refractivity (Wildman–Crippen MR) is 85.6 cm³/mol. The van der Waals surface area contributed by atoms with Crippen LogP contribution >= 0.6 is 0 Å². The Morgan fingerprint density at radius 2 is 1.21 bits per heavy atom. The first kappa shape index (κ1) is 18.9. The highest BCUT2D eigenvalue weighted by Crippen LogP contribution is 2.11. The third-order valence-corrected chi connectivity index (χ3v) is 4.00. The Morgan fingerprint density at radius 3 is 1.68 bits per heavy atom. The lowest BCUT2D eigenvalue weighted by Gasteiger charge is -2.21. The van der Waals surface area contributed by atoms with Crippen molar-refractivity contribution >= 4 is 0 Å². The molecule has 0 aromatic carbocycles. The van der Waals surface area contributed by atoms with Gasteiger partial charge < -0.3 is 10.0 Å². The van der Waals surface area contributed by atoms with Gasteiger partial charge in [0.05, 0.1) is 6.10 Å². The predicted octanol–water partition coefficient (Wildman–Crippen LogP) is 4.61. The average Bonchev–Trinajstić information content (AvgIpc) is 2.43. The van der Waals surface area contributed by atoms with Crippen molar-refractivity contribution in [2.24, 2.45) is 0 Å². The van der Waals surface area contributed by atoms with Gasteiger partial charge in [0.2, 0.25) is 0 Å². The Morgan fingerprint density at radius 1 is 0.737 bits per heavy atom.